The van der Waals surface area contributed by atoms with Gasteiger partial charge in [0.05, 0.1) is 6.61 Å². The smallest absolute Gasteiger partial charge is 0.251 e. The van der Waals surface area contributed by atoms with Gasteiger partial charge in [-0.1, -0.05) is 31.0 Å². The highest BCUT2D eigenvalue weighted by Crippen LogP contribution is 2.36. The van der Waals surface area contributed by atoms with Gasteiger partial charge in [0.25, 0.3) is 5.91 Å². The summed E-state index contributed by atoms with van der Waals surface area (Å²) in [5.74, 6) is -0.0613. The first kappa shape index (κ1) is 15.0. The first-order valence-corrected chi connectivity index (χ1v) is 7.38. The maximum atomic E-state index is 12.3. The van der Waals surface area contributed by atoms with Gasteiger partial charge in [0.2, 0.25) is 0 Å². The molecule has 20 heavy (non-hydrogen) atoms. The fourth-order valence-corrected chi connectivity index (χ4v) is 2.99. The molecule has 110 valence electrons. The van der Waals surface area contributed by atoms with Gasteiger partial charge in [-0.3, -0.25) is 4.79 Å². The predicted octanol–water partition coefficient (Wildman–Crippen LogP) is 1.47. The molecule has 1 saturated carbocycles. The average Bonchev–Trinajstić information content (AvgIpc) is 2.95. The Kier molecular flexibility index (Phi) is 5.15. The number of rotatable bonds is 6. The highest BCUT2D eigenvalue weighted by atomic mass is 16.3. The SMILES string of the molecule is NCCc1ccccc1C(=O)NCC1(CO)CCCC1. The molecule has 0 aliphatic heterocycles. The summed E-state index contributed by atoms with van der Waals surface area (Å²) in [6.45, 7) is 1.24. The zero-order valence-corrected chi connectivity index (χ0v) is 11.9. The van der Waals surface area contributed by atoms with E-state index in [1.54, 1.807) is 0 Å². The zero-order valence-electron chi connectivity index (χ0n) is 11.9. The molecule has 0 bridgehead atoms. The van der Waals surface area contributed by atoms with Gasteiger partial charge in [0, 0.05) is 17.5 Å². The molecule has 1 fully saturated rings. The molecule has 2 rings (SSSR count). The first-order valence-electron chi connectivity index (χ1n) is 7.38. The molecule has 1 amide bonds. The van der Waals surface area contributed by atoms with E-state index >= 15 is 0 Å². The molecule has 1 aliphatic carbocycles. The maximum absolute atomic E-state index is 12.3. The van der Waals surface area contributed by atoms with Crippen molar-refractivity contribution in [3.8, 4) is 0 Å². The number of aliphatic hydroxyl groups is 1. The second kappa shape index (κ2) is 6.86. The van der Waals surface area contributed by atoms with Crippen molar-refractivity contribution in [2.24, 2.45) is 11.1 Å². The minimum Gasteiger partial charge on any atom is -0.396 e. The zero-order chi connectivity index (χ0) is 14.4. The lowest BCUT2D eigenvalue weighted by Crippen LogP contribution is -2.38. The second-order valence-electron chi connectivity index (χ2n) is 5.74. The van der Waals surface area contributed by atoms with Crippen molar-refractivity contribution in [3.63, 3.8) is 0 Å². The fraction of sp³-hybridized carbons (Fsp3) is 0.562. The summed E-state index contributed by atoms with van der Waals surface area (Å²) in [7, 11) is 0. The fourth-order valence-electron chi connectivity index (χ4n) is 2.99. The van der Waals surface area contributed by atoms with Crippen molar-refractivity contribution < 1.29 is 9.90 Å². The maximum Gasteiger partial charge on any atom is 0.251 e. The standard InChI is InChI=1S/C16H24N2O2/c17-10-7-13-5-1-2-6-14(13)15(20)18-11-16(12-19)8-3-4-9-16/h1-2,5-6,19H,3-4,7-12,17H2,(H,18,20). The Morgan fingerprint density at radius 3 is 2.65 bits per heavy atom. The van der Waals surface area contributed by atoms with Crippen LogP contribution in [0.3, 0.4) is 0 Å². The number of aliphatic hydroxyl groups excluding tert-OH is 1. The third-order valence-corrected chi connectivity index (χ3v) is 4.30. The van der Waals surface area contributed by atoms with Gasteiger partial charge in [-0.25, -0.2) is 0 Å². The molecule has 0 spiro atoms. The average molecular weight is 276 g/mol. The summed E-state index contributed by atoms with van der Waals surface area (Å²) >= 11 is 0. The quantitative estimate of drug-likeness (QED) is 0.736. The molecular formula is C16H24N2O2. The largest absolute Gasteiger partial charge is 0.396 e. The molecule has 0 radical (unpaired) electrons. The third kappa shape index (κ3) is 3.38. The Labute approximate surface area is 120 Å². The van der Waals surface area contributed by atoms with Crippen molar-refractivity contribution in [1.82, 2.24) is 5.32 Å². The molecule has 0 atom stereocenters. The summed E-state index contributed by atoms with van der Waals surface area (Å²) < 4.78 is 0. The summed E-state index contributed by atoms with van der Waals surface area (Å²) in [5.41, 5.74) is 7.15. The van der Waals surface area contributed by atoms with Crippen molar-refractivity contribution >= 4 is 5.91 Å². The van der Waals surface area contributed by atoms with E-state index in [1.807, 2.05) is 24.3 Å². The van der Waals surface area contributed by atoms with Gasteiger partial charge >= 0.3 is 0 Å². The van der Waals surface area contributed by atoms with Gasteiger partial charge < -0.3 is 16.2 Å². The first-order chi connectivity index (χ1) is 9.71. The van der Waals surface area contributed by atoms with Crippen LogP contribution in [0.25, 0.3) is 0 Å². The topological polar surface area (TPSA) is 75.4 Å². The van der Waals surface area contributed by atoms with E-state index < -0.39 is 0 Å². The molecule has 0 unspecified atom stereocenters. The van der Waals surface area contributed by atoms with Crippen LogP contribution in [0.5, 0.6) is 0 Å². The summed E-state index contributed by atoms with van der Waals surface area (Å²) in [6.07, 6.45) is 4.97. The van der Waals surface area contributed by atoms with E-state index in [1.165, 1.54) is 0 Å². The molecule has 1 aromatic carbocycles. The third-order valence-electron chi connectivity index (χ3n) is 4.30. The van der Waals surface area contributed by atoms with E-state index in [0.717, 1.165) is 31.2 Å². The van der Waals surface area contributed by atoms with E-state index in [2.05, 4.69) is 5.32 Å². The molecule has 0 aromatic heterocycles. The summed E-state index contributed by atoms with van der Waals surface area (Å²) in [5, 5.41) is 12.6. The lowest BCUT2D eigenvalue weighted by molar-refractivity contribution is 0.0880. The predicted molar refractivity (Wildman–Crippen MR) is 79.5 cm³/mol. The highest BCUT2D eigenvalue weighted by molar-refractivity contribution is 5.95. The Balaban J connectivity index is 2.01. The summed E-state index contributed by atoms with van der Waals surface area (Å²) in [6, 6.07) is 7.57. The van der Waals surface area contributed by atoms with Crippen molar-refractivity contribution in [2.75, 3.05) is 19.7 Å². The molecule has 0 saturated heterocycles. The normalized spacial score (nSPS) is 17.1. The number of carbonyl (C=O) groups excluding carboxylic acids is 1. The van der Waals surface area contributed by atoms with Gasteiger partial charge in [0.15, 0.2) is 0 Å². The summed E-state index contributed by atoms with van der Waals surface area (Å²) in [4.78, 5) is 12.3. The van der Waals surface area contributed by atoms with E-state index in [-0.39, 0.29) is 17.9 Å². The van der Waals surface area contributed by atoms with Gasteiger partial charge in [-0.2, -0.15) is 0 Å². The van der Waals surface area contributed by atoms with Crippen LogP contribution in [0, 0.1) is 5.41 Å². The number of hydrogen-bond donors (Lipinski definition) is 3. The van der Waals surface area contributed by atoms with E-state index in [0.29, 0.717) is 25.1 Å². The van der Waals surface area contributed by atoms with E-state index in [4.69, 9.17) is 5.73 Å². The lowest BCUT2D eigenvalue weighted by Gasteiger charge is -2.26. The van der Waals surface area contributed by atoms with Crippen LogP contribution in [-0.4, -0.2) is 30.7 Å². The molecule has 0 heterocycles. The molecule has 4 nitrogen and oxygen atoms in total. The Morgan fingerprint density at radius 2 is 2.00 bits per heavy atom. The Morgan fingerprint density at radius 1 is 1.30 bits per heavy atom. The molecule has 4 N–H and O–H groups in total. The number of nitrogens with two attached hydrogens (primary N) is 1. The van der Waals surface area contributed by atoms with Gasteiger partial charge in [0.1, 0.15) is 0 Å². The lowest BCUT2D eigenvalue weighted by atomic mass is 9.87. The number of hydrogen-bond acceptors (Lipinski definition) is 3. The Bertz CT molecular complexity index is 454. The van der Waals surface area contributed by atoms with Crippen LogP contribution in [0.2, 0.25) is 0 Å². The van der Waals surface area contributed by atoms with Crippen molar-refractivity contribution in [3.05, 3.63) is 35.4 Å². The van der Waals surface area contributed by atoms with Crippen LogP contribution >= 0.6 is 0 Å². The number of carbonyl (C=O) groups is 1. The second-order valence-corrected chi connectivity index (χ2v) is 5.74. The van der Waals surface area contributed by atoms with Crippen LogP contribution in [0.4, 0.5) is 0 Å². The highest BCUT2D eigenvalue weighted by Gasteiger charge is 2.33. The minimum absolute atomic E-state index is 0.0613. The minimum atomic E-state index is -0.113. The van der Waals surface area contributed by atoms with Crippen molar-refractivity contribution in [2.45, 2.75) is 32.1 Å². The molecular weight excluding hydrogens is 252 g/mol. The van der Waals surface area contributed by atoms with Crippen LogP contribution < -0.4 is 11.1 Å². The van der Waals surface area contributed by atoms with Crippen molar-refractivity contribution in [1.29, 1.82) is 0 Å². The number of nitrogens with one attached hydrogen (secondary N) is 1. The number of amides is 1. The van der Waals surface area contributed by atoms with Gasteiger partial charge in [-0.15, -0.1) is 0 Å². The van der Waals surface area contributed by atoms with Gasteiger partial charge in [-0.05, 0) is 37.4 Å². The van der Waals surface area contributed by atoms with Crippen LogP contribution in [-0.2, 0) is 6.42 Å². The molecule has 1 aromatic rings. The van der Waals surface area contributed by atoms with Crippen LogP contribution in [0.15, 0.2) is 24.3 Å². The van der Waals surface area contributed by atoms with E-state index in [9.17, 15) is 9.90 Å². The number of benzene rings is 1. The molecule has 4 heteroatoms. The monoisotopic (exact) mass is 276 g/mol. The Hall–Kier alpha value is -1.39. The molecule has 1 aliphatic rings. The van der Waals surface area contributed by atoms with Crippen LogP contribution in [0.1, 0.15) is 41.6 Å².